The molecule has 1 aromatic heterocycles. The molecule has 1 nitrogen and oxygen atoms in total. The molecule has 0 N–H and O–H groups in total. The van der Waals surface area contributed by atoms with Crippen molar-refractivity contribution in [1.29, 1.82) is 0 Å². The maximum Gasteiger partial charge on any atom is 0.0541 e. The van der Waals surface area contributed by atoms with E-state index in [0.717, 1.165) is 12.8 Å². The van der Waals surface area contributed by atoms with Crippen molar-refractivity contribution in [2.24, 2.45) is 0 Å². The van der Waals surface area contributed by atoms with Crippen molar-refractivity contribution in [2.75, 3.05) is 0 Å². The second-order valence-corrected chi connectivity index (χ2v) is 9.70. The monoisotopic (exact) mass is 461 g/mol. The van der Waals surface area contributed by atoms with Gasteiger partial charge < -0.3 is 4.57 Å². The molecule has 172 valence electrons. The van der Waals surface area contributed by atoms with Crippen LogP contribution in [0.25, 0.3) is 61.9 Å². The van der Waals surface area contributed by atoms with Crippen LogP contribution in [-0.4, -0.2) is 4.57 Å². The Hall–Kier alpha value is -4.36. The lowest BCUT2D eigenvalue weighted by atomic mass is 9.88. The van der Waals surface area contributed by atoms with E-state index in [9.17, 15) is 0 Å². The van der Waals surface area contributed by atoms with Crippen LogP contribution >= 0.6 is 0 Å². The van der Waals surface area contributed by atoms with Gasteiger partial charge in [-0.3, -0.25) is 0 Å². The fourth-order valence-electron chi connectivity index (χ4n) is 5.95. The van der Waals surface area contributed by atoms with Gasteiger partial charge >= 0.3 is 0 Å². The second kappa shape index (κ2) is 8.39. The Morgan fingerprint density at radius 2 is 1.28 bits per heavy atom. The molecular weight excluding hydrogens is 434 g/mol. The van der Waals surface area contributed by atoms with Gasteiger partial charge in [-0.2, -0.15) is 0 Å². The maximum absolute atomic E-state index is 2.44. The topological polar surface area (TPSA) is 4.93 Å². The third kappa shape index (κ3) is 3.24. The van der Waals surface area contributed by atoms with E-state index in [4.69, 9.17) is 0 Å². The summed E-state index contributed by atoms with van der Waals surface area (Å²) in [6.07, 6.45) is 7.08. The molecule has 0 radical (unpaired) electrons. The average Bonchev–Trinajstić information content (AvgIpc) is 3.34. The summed E-state index contributed by atoms with van der Waals surface area (Å²) in [6.45, 7) is 2.27. The molecule has 0 unspecified atom stereocenters. The summed E-state index contributed by atoms with van der Waals surface area (Å²) in [5.74, 6) is 0. The summed E-state index contributed by atoms with van der Waals surface area (Å²) in [5.41, 5.74) is 8.87. The fraction of sp³-hybridized carbons (Fsp3) is 0.0857. The van der Waals surface area contributed by atoms with Gasteiger partial charge in [0.05, 0.1) is 11.2 Å². The lowest BCUT2D eigenvalue weighted by Crippen LogP contribution is -2.31. The van der Waals surface area contributed by atoms with E-state index in [1.165, 1.54) is 65.7 Å². The summed E-state index contributed by atoms with van der Waals surface area (Å²) in [4.78, 5) is 0. The van der Waals surface area contributed by atoms with Crippen molar-refractivity contribution in [1.82, 2.24) is 4.57 Å². The highest BCUT2D eigenvalue weighted by Gasteiger charge is 2.16. The van der Waals surface area contributed by atoms with E-state index in [1.54, 1.807) is 0 Å². The molecule has 7 rings (SSSR count). The Kier molecular flexibility index (Phi) is 4.89. The Bertz CT molecular complexity index is 1890. The standard InChI is InChI=1S/C35H27N/c1-24-29-17-6-8-19-31(29)35(32-20-9-7-18-30(24)32)27-14-11-13-25(22-27)34-23-26-12-5-10-21-33(26)36(34)28-15-3-2-4-16-28/h2-6,8,10-23H,7,9H2,1H3. The van der Waals surface area contributed by atoms with Crippen molar-refractivity contribution in [3.05, 3.63) is 125 Å². The third-order valence-electron chi connectivity index (χ3n) is 7.60. The number of hydrogen-bond acceptors (Lipinski definition) is 0. The highest BCUT2D eigenvalue weighted by atomic mass is 15.0. The number of rotatable bonds is 3. The molecule has 0 bridgehead atoms. The van der Waals surface area contributed by atoms with Gasteiger partial charge in [0.15, 0.2) is 0 Å². The van der Waals surface area contributed by atoms with Crippen LogP contribution in [0, 0.1) is 6.92 Å². The molecule has 1 aliphatic carbocycles. The third-order valence-corrected chi connectivity index (χ3v) is 7.60. The summed E-state index contributed by atoms with van der Waals surface area (Å²) in [5, 5.41) is 6.72. The Labute approximate surface area is 211 Å². The van der Waals surface area contributed by atoms with Crippen molar-refractivity contribution < 1.29 is 0 Å². The summed E-state index contributed by atoms with van der Waals surface area (Å²) in [6, 6.07) is 39.7. The molecule has 5 aromatic carbocycles. The van der Waals surface area contributed by atoms with Gasteiger partial charge in [0, 0.05) is 11.1 Å². The molecule has 0 atom stereocenters. The van der Waals surface area contributed by atoms with Gasteiger partial charge in [-0.15, -0.1) is 0 Å². The summed E-state index contributed by atoms with van der Waals surface area (Å²) < 4.78 is 2.39. The van der Waals surface area contributed by atoms with Crippen LogP contribution in [0.4, 0.5) is 0 Å². The molecule has 0 aliphatic heterocycles. The van der Waals surface area contributed by atoms with Gasteiger partial charge in [0.2, 0.25) is 0 Å². The summed E-state index contributed by atoms with van der Waals surface area (Å²) in [7, 11) is 0. The van der Waals surface area contributed by atoms with E-state index in [2.05, 4.69) is 133 Å². The van der Waals surface area contributed by atoms with Crippen molar-refractivity contribution in [2.45, 2.75) is 19.8 Å². The zero-order chi connectivity index (χ0) is 24.1. The van der Waals surface area contributed by atoms with E-state index in [0.29, 0.717) is 0 Å². The van der Waals surface area contributed by atoms with Gasteiger partial charge in [0.25, 0.3) is 0 Å². The Morgan fingerprint density at radius 3 is 2.14 bits per heavy atom. The SMILES string of the molecule is Cc1c2c(c(-c3cccc(-c4cc5ccccc5n4-c4ccccc4)c3)c3ccccc13)=CCCC=2. The highest BCUT2D eigenvalue weighted by Crippen LogP contribution is 2.34. The number of nitrogens with zero attached hydrogens (tertiary/aromatic N) is 1. The van der Waals surface area contributed by atoms with E-state index in [-0.39, 0.29) is 0 Å². The number of fused-ring (bicyclic) bond motifs is 3. The minimum absolute atomic E-state index is 1.10. The van der Waals surface area contributed by atoms with Crippen LogP contribution < -0.4 is 10.4 Å². The van der Waals surface area contributed by atoms with Gasteiger partial charge in [-0.25, -0.2) is 0 Å². The molecule has 1 aliphatic rings. The zero-order valence-electron chi connectivity index (χ0n) is 20.4. The molecule has 1 heteroatoms. The summed E-state index contributed by atoms with van der Waals surface area (Å²) >= 11 is 0. The molecular formula is C35H27N. The Morgan fingerprint density at radius 1 is 0.583 bits per heavy atom. The molecule has 0 amide bonds. The van der Waals surface area contributed by atoms with Gasteiger partial charge in [-0.05, 0) is 93.6 Å². The average molecular weight is 462 g/mol. The molecule has 36 heavy (non-hydrogen) atoms. The smallest absolute Gasteiger partial charge is 0.0541 e. The minimum atomic E-state index is 1.10. The Balaban J connectivity index is 1.52. The maximum atomic E-state index is 2.44. The fourth-order valence-corrected chi connectivity index (χ4v) is 5.95. The first-order valence-electron chi connectivity index (χ1n) is 12.8. The van der Waals surface area contributed by atoms with Crippen LogP contribution in [0.2, 0.25) is 0 Å². The molecule has 0 saturated heterocycles. The largest absolute Gasteiger partial charge is 0.309 e. The van der Waals surface area contributed by atoms with Crippen LogP contribution in [0.5, 0.6) is 0 Å². The number of benzene rings is 5. The van der Waals surface area contributed by atoms with Crippen LogP contribution in [0.15, 0.2) is 109 Å². The van der Waals surface area contributed by atoms with E-state index < -0.39 is 0 Å². The first-order valence-corrected chi connectivity index (χ1v) is 12.8. The highest BCUT2D eigenvalue weighted by molar-refractivity contribution is 6.00. The van der Waals surface area contributed by atoms with Crippen LogP contribution in [0.1, 0.15) is 18.4 Å². The molecule has 0 spiro atoms. The normalized spacial score (nSPS) is 12.8. The second-order valence-electron chi connectivity index (χ2n) is 9.70. The predicted octanol–water partition coefficient (Wildman–Crippen LogP) is 7.78. The van der Waals surface area contributed by atoms with Crippen LogP contribution in [0.3, 0.4) is 0 Å². The minimum Gasteiger partial charge on any atom is -0.309 e. The first-order chi connectivity index (χ1) is 17.8. The van der Waals surface area contributed by atoms with E-state index in [1.807, 2.05) is 0 Å². The number of para-hydroxylation sites is 2. The van der Waals surface area contributed by atoms with Crippen molar-refractivity contribution >= 4 is 33.8 Å². The van der Waals surface area contributed by atoms with E-state index >= 15 is 0 Å². The molecule has 6 aromatic rings. The quantitative estimate of drug-likeness (QED) is 0.254. The predicted molar refractivity (Wildman–Crippen MR) is 154 cm³/mol. The van der Waals surface area contributed by atoms with Crippen LogP contribution in [-0.2, 0) is 0 Å². The van der Waals surface area contributed by atoms with Gasteiger partial charge in [0.1, 0.15) is 0 Å². The molecule has 1 heterocycles. The van der Waals surface area contributed by atoms with Crippen molar-refractivity contribution in [3.63, 3.8) is 0 Å². The lowest BCUT2D eigenvalue weighted by molar-refractivity contribution is 1.11. The van der Waals surface area contributed by atoms with Gasteiger partial charge in [-0.1, -0.05) is 91.0 Å². The van der Waals surface area contributed by atoms with Crippen molar-refractivity contribution in [3.8, 4) is 28.1 Å². The number of aromatic nitrogens is 1. The molecule has 0 saturated carbocycles. The first kappa shape index (κ1) is 21.0. The number of hydrogen-bond donors (Lipinski definition) is 0. The lowest BCUT2D eigenvalue weighted by Gasteiger charge is -2.16. The molecule has 0 fully saturated rings. The number of aryl methyl sites for hydroxylation is 1. The zero-order valence-corrected chi connectivity index (χ0v) is 20.4.